The highest BCUT2D eigenvalue weighted by Crippen LogP contribution is 2.32. The van der Waals surface area contributed by atoms with Crippen molar-refractivity contribution >= 4 is 21.1 Å². The summed E-state index contributed by atoms with van der Waals surface area (Å²) in [6.45, 7) is 0. The molecule has 2 aromatic carbocycles. The van der Waals surface area contributed by atoms with Gasteiger partial charge in [0.2, 0.25) is 0 Å². The molecule has 0 aliphatic carbocycles. The lowest BCUT2D eigenvalue weighted by Gasteiger charge is -2.05. The molecule has 0 amide bonds. The molecule has 5 rings (SSSR count). The predicted octanol–water partition coefficient (Wildman–Crippen LogP) is 3.74. The van der Waals surface area contributed by atoms with Crippen LogP contribution in [0.3, 0.4) is 0 Å². The first-order valence-corrected chi connectivity index (χ1v) is 10.7. The number of benzene rings is 2. The van der Waals surface area contributed by atoms with Gasteiger partial charge in [-0.2, -0.15) is 18.6 Å². The topological polar surface area (TPSA) is 82.7 Å². The highest BCUT2D eigenvalue weighted by Gasteiger charge is 2.25. The highest BCUT2D eigenvalue weighted by molar-refractivity contribution is 7.90. The summed E-state index contributed by atoms with van der Waals surface area (Å²) in [4.78, 5) is 4.65. The van der Waals surface area contributed by atoms with Crippen LogP contribution in [0.5, 0.6) is 0 Å². The van der Waals surface area contributed by atoms with Crippen LogP contribution in [-0.2, 0) is 17.1 Å². The van der Waals surface area contributed by atoms with E-state index in [-0.39, 0.29) is 10.5 Å². The summed E-state index contributed by atoms with van der Waals surface area (Å²) in [5.41, 5.74) is 3.38. The summed E-state index contributed by atoms with van der Waals surface area (Å²) in [6, 6.07) is 20.0. The molecule has 0 aliphatic heterocycles. The molecule has 8 heteroatoms. The van der Waals surface area contributed by atoms with E-state index < -0.39 is 10.0 Å². The van der Waals surface area contributed by atoms with Gasteiger partial charge in [-0.05, 0) is 23.8 Å². The van der Waals surface area contributed by atoms with Crippen LogP contribution in [0.2, 0.25) is 0 Å². The first-order chi connectivity index (χ1) is 14.5. The van der Waals surface area contributed by atoms with E-state index in [1.807, 2.05) is 36.4 Å². The molecule has 7 nitrogen and oxygen atoms in total. The summed E-state index contributed by atoms with van der Waals surface area (Å²) in [6.07, 6.45) is 5.14. The van der Waals surface area contributed by atoms with Crippen molar-refractivity contribution in [3.05, 3.63) is 85.3 Å². The minimum Gasteiger partial charge on any atom is -0.275 e. The average Bonchev–Trinajstić information content (AvgIpc) is 3.38. The van der Waals surface area contributed by atoms with Crippen LogP contribution >= 0.6 is 0 Å². The molecule has 0 saturated heterocycles. The zero-order valence-electron chi connectivity index (χ0n) is 16.0. The molecule has 0 unspecified atom stereocenters. The predicted molar refractivity (Wildman–Crippen MR) is 114 cm³/mol. The molecular formula is C22H17N5O2S. The van der Waals surface area contributed by atoms with Gasteiger partial charge in [-0.25, -0.2) is 4.98 Å². The van der Waals surface area contributed by atoms with Gasteiger partial charge in [0.25, 0.3) is 10.0 Å². The van der Waals surface area contributed by atoms with Crippen molar-refractivity contribution in [2.45, 2.75) is 4.90 Å². The van der Waals surface area contributed by atoms with Crippen molar-refractivity contribution in [3.63, 3.8) is 0 Å². The molecule has 5 aromatic rings. The van der Waals surface area contributed by atoms with E-state index in [0.29, 0.717) is 11.1 Å². The van der Waals surface area contributed by atoms with Crippen LogP contribution in [0.25, 0.3) is 33.4 Å². The van der Waals surface area contributed by atoms with Gasteiger partial charge in [0.1, 0.15) is 5.69 Å². The minimum atomic E-state index is -3.91. The van der Waals surface area contributed by atoms with Gasteiger partial charge in [0.15, 0.2) is 5.65 Å². The van der Waals surface area contributed by atoms with Crippen LogP contribution in [0, 0.1) is 0 Å². The SMILES string of the molecule is Cn1cc(-c2nn(S(=O)(=O)c3ccccc3)c3ncc(-c4ccccc4)cc23)cn1. The summed E-state index contributed by atoms with van der Waals surface area (Å²) in [7, 11) is -2.10. The second kappa shape index (κ2) is 6.93. The first-order valence-electron chi connectivity index (χ1n) is 9.28. The van der Waals surface area contributed by atoms with Gasteiger partial charge in [0, 0.05) is 36.0 Å². The number of hydrogen-bond acceptors (Lipinski definition) is 5. The first kappa shape index (κ1) is 18.3. The Bertz CT molecular complexity index is 1460. The maximum Gasteiger partial charge on any atom is 0.284 e. The third-order valence-corrected chi connectivity index (χ3v) is 6.43. The summed E-state index contributed by atoms with van der Waals surface area (Å²) in [5, 5.41) is 9.32. The third-order valence-electron chi connectivity index (χ3n) is 4.85. The van der Waals surface area contributed by atoms with Gasteiger partial charge in [-0.1, -0.05) is 48.5 Å². The van der Waals surface area contributed by atoms with Crippen molar-refractivity contribution in [1.82, 2.24) is 24.0 Å². The number of fused-ring (bicyclic) bond motifs is 1. The molecule has 0 aliphatic rings. The number of aromatic nitrogens is 5. The van der Waals surface area contributed by atoms with Crippen LogP contribution in [0.15, 0.2) is 90.2 Å². The summed E-state index contributed by atoms with van der Waals surface area (Å²) >= 11 is 0. The van der Waals surface area contributed by atoms with E-state index in [0.717, 1.165) is 20.8 Å². The van der Waals surface area contributed by atoms with Gasteiger partial charge >= 0.3 is 0 Å². The van der Waals surface area contributed by atoms with Crippen LogP contribution in [-0.4, -0.2) is 32.4 Å². The van der Waals surface area contributed by atoms with Gasteiger partial charge < -0.3 is 0 Å². The lowest BCUT2D eigenvalue weighted by atomic mass is 10.1. The monoisotopic (exact) mass is 415 g/mol. The van der Waals surface area contributed by atoms with Gasteiger partial charge in [-0.3, -0.25) is 4.68 Å². The summed E-state index contributed by atoms with van der Waals surface area (Å²) in [5.74, 6) is 0. The van der Waals surface area contributed by atoms with Crippen LogP contribution in [0.4, 0.5) is 0 Å². The van der Waals surface area contributed by atoms with E-state index >= 15 is 0 Å². The van der Waals surface area contributed by atoms with Crippen molar-refractivity contribution < 1.29 is 8.42 Å². The zero-order chi connectivity index (χ0) is 20.7. The lowest BCUT2D eigenvalue weighted by molar-refractivity contribution is 0.582. The van der Waals surface area contributed by atoms with Gasteiger partial charge in [0.05, 0.1) is 11.1 Å². The Morgan fingerprint density at radius 1 is 0.833 bits per heavy atom. The molecule has 0 N–H and O–H groups in total. The maximum atomic E-state index is 13.3. The summed E-state index contributed by atoms with van der Waals surface area (Å²) < 4.78 is 29.2. The average molecular weight is 415 g/mol. The molecule has 3 aromatic heterocycles. The largest absolute Gasteiger partial charge is 0.284 e. The second-order valence-corrected chi connectivity index (χ2v) is 8.64. The number of pyridine rings is 1. The van der Waals surface area contributed by atoms with E-state index in [1.165, 1.54) is 0 Å². The molecule has 30 heavy (non-hydrogen) atoms. The van der Waals surface area contributed by atoms with E-state index in [1.54, 1.807) is 60.7 Å². The van der Waals surface area contributed by atoms with E-state index in [4.69, 9.17) is 0 Å². The van der Waals surface area contributed by atoms with Crippen molar-refractivity contribution in [1.29, 1.82) is 0 Å². The zero-order valence-corrected chi connectivity index (χ0v) is 16.9. The molecule has 0 bridgehead atoms. The Hall–Kier alpha value is -3.78. The Morgan fingerprint density at radius 2 is 1.53 bits per heavy atom. The van der Waals surface area contributed by atoms with Crippen LogP contribution in [0.1, 0.15) is 0 Å². The van der Waals surface area contributed by atoms with Crippen molar-refractivity contribution in [2.24, 2.45) is 7.05 Å². The van der Waals surface area contributed by atoms with Crippen molar-refractivity contribution in [3.8, 4) is 22.4 Å². The Kier molecular flexibility index (Phi) is 4.22. The number of rotatable bonds is 4. The number of hydrogen-bond donors (Lipinski definition) is 0. The second-order valence-electron chi connectivity index (χ2n) is 6.87. The molecule has 0 saturated carbocycles. The standard InChI is InChI=1S/C22H17N5O2S/c1-26-15-18(14-24-26)21-20-12-17(16-8-4-2-5-9-16)13-23-22(20)27(25-21)30(28,29)19-10-6-3-7-11-19/h2-15H,1H3. The molecule has 0 spiro atoms. The maximum absolute atomic E-state index is 13.3. The Labute approximate surface area is 173 Å². The minimum absolute atomic E-state index is 0.154. The Balaban J connectivity index is 1.79. The molecule has 0 atom stereocenters. The highest BCUT2D eigenvalue weighted by atomic mass is 32.2. The third kappa shape index (κ3) is 2.98. The molecular weight excluding hydrogens is 398 g/mol. The van der Waals surface area contributed by atoms with Gasteiger partial charge in [-0.15, -0.1) is 4.09 Å². The fraction of sp³-hybridized carbons (Fsp3) is 0.0455. The van der Waals surface area contributed by atoms with Crippen LogP contribution < -0.4 is 0 Å². The lowest BCUT2D eigenvalue weighted by Crippen LogP contribution is -2.15. The fourth-order valence-corrected chi connectivity index (χ4v) is 4.64. The van der Waals surface area contributed by atoms with E-state index in [9.17, 15) is 8.42 Å². The fourth-order valence-electron chi connectivity index (χ4n) is 3.38. The number of nitrogens with zero attached hydrogens (tertiary/aromatic N) is 5. The molecule has 148 valence electrons. The Morgan fingerprint density at radius 3 is 2.20 bits per heavy atom. The molecule has 3 heterocycles. The van der Waals surface area contributed by atoms with E-state index in [2.05, 4.69) is 15.2 Å². The molecule has 0 radical (unpaired) electrons. The molecule has 0 fully saturated rings. The van der Waals surface area contributed by atoms with Crippen molar-refractivity contribution in [2.75, 3.05) is 0 Å². The quantitative estimate of drug-likeness (QED) is 0.447. The smallest absolute Gasteiger partial charge is 0.275 e. The number of aryl methyl sites for hydroxylation is 1. The normalized spacial score (nSPS) is 11.8.